The van der Waals surface area contributed by atoms with Gasteiger partial charge in [-0.3, -0.25) is 9.59 Å². The molecule has 2 N–H and O–H groups in total. The molecule has 0 radical (unpaired) electrons. The Balaban J connectivity index is 2.34. The van der Waals surface area contributed by atoms with Crippen molar-refractivity contribution >= 4 is 17.5 Å². The third kappa shape index (κ3) is 7.63. The number of likely N-dealkylation sites (N-methyl/N-ethyl adjacent to an activating group) is 1. The highest BCUT2D eigenvalue weighted by molar-refractivity contribution is 5.90. The smallest absolute Gasteiger partial charge is 0.372 e. The molecule has 8 heteroatoms. The summed E-state index contributed by atoms with van der Waals surface area (Å²) in [5, 5.41) is 5.03. The van der Waals surface area contributed by atoms with Crippen molar-refractivity contribution in [2.75, 3.05) is 25.6 Å². The van der Waals surface area contributed by atoms with Gasteiger partial charge >= 0.3 is 6.18 Å². The standard InChI is InChI=1S/C14H17F3N2O3/c1-18-13(21)8-10-2-4-11(5-3-10)19-12(20)6-7-22-9-14(15,16)17/h2-5H,6-9H2,1H3,(H,18,21)(H,19,20). The number of carbonyl (C=O) groups is 2. The highest BCUT2D eigenvalue weighted by Crippen LogP contribution is 2.14. The quantitative estimate of drug-likeness (QED) is 0.754. The minimum absolute atomic E-state index is 0.126. The Morgan fingerprint density at radius 1 is 1.14 bits per heavy atom. The van der Waals surface area contributed by atoms with Crippen LogP contribution in [-0.4, -0.2) is 38.3 Å². The van der Waals surface area contributed by atoms with Crippen molar-refractivity contribution < 1.29 is 27.5 Å². The molecule has 0 saturated heterocycles. The van der Waals surface area contributed by atoms with Gasteiger partial charge in [0, 0.05) is 12.7 Å². The molecule has 0 aromatic heterocycles. The van der Waals surface area contributed by atoms with E-state index in [0.29, 0.717) is 5.69 Å². The number of hydrogen-bond acceptors (Lipinski definition) is 3. The number of rotatable bonds is 7. The Hall–Kier alpha value is -2.09. The zero-order valence-corrected chi connectivity index (χ0v) is 12.0. The first-order valence-corrected chi connectivity index (χ1v) is 6.54. The van der Waals surface area contributed by atoms with Crippen molar-refractivity contribution in [1.29, 1.82) is 0 Å². The maximum absolute atomic E-state index is 11.8. The Morgan fingerprint density at radius 2 is 1.77 bits per heavy atom. The van der Waals surface area contributed by atoms with Crippen molar-refractivity contribution in [3.8, 4) is 0 Å². The SMILES string of the molecule is CNC(=O)Cc1ccc(NC(=O)CCOCC(F)(F)F)cc1. The first kappa shape index (κ1) is 18.0. The van der Waals surface area contributed by atoms with Crippen LogP contribution in [0.1, 0.15) is 12.0 Å². The molecule has 0 unspecified atom stereocenters. The molecule has 0 spiro atoms. The minimum Gasteiger partial charge on any atom is -0.372 e. The van der Waals surface area contributed by atoms with Crippen LogP contribution in [0.5, 0.6) is 0 Å². The van der Waals surface area contributed by atoms with Crippen LogP contribution in [-0.2, 0) is 20.7 Å². The summed E-state index contributed by atoms with van der Waals surface area (Å²) in [5.74, 6) is -0.570. The molecule has 0 fully saturated rings. The van der Waals surface area contributed by atoms with Gasteiger partial charge in [0.2, 0.25) is 11.8 Å². The van der Waals surface area contributed by atoms with E-state index in [1.54, 1.807) is 24.3 Å². The van der Waals surface area contributed by atoms with Crippen molar-refractivity contribution in [2.45, 2.75) is 19.0 Å². The Bertz CT molecular complexity index is 501. The summed E-state index contributed by atoms with van der Waals surface area (Å²) >= 11 is 0. The topological polar surface area (TPSA) is 67.4 Å². The van der Waals surface area contributed by atoms with Gasteiger partial charge in [0.05, 0.1) is 19.4 Å². The van der Waals surface area contributed by atoms with E-state index in [0.717, 1.165) is 5.56 Å². The lowest BCUT2D eigenvalue weighted by atomic mass is 10.1. The van der Waals surface area contributed by atoms with Crippen LogP contribution in [0.4, 0.5) is 18.9 Å². The van der Waals surface area contributed by atoms with Crippen LogP contribution in [0, 0.1) is 0 Å². The summed E-state index contributed by atoms with van der Waals surface area (Å²) in [6, 6.07) is 6.61. The number of alkyl halides is 3. The van der Waals surface area contributed by atoms with E-state index >= 15 is 0 Å². The molecule has 1 aromatic carbocycles. The fraction of sp³-hybridized carbons (Fsp3) is 0.429. The number of carbonyl (C=O) groups excluding carboxylic acids is 2. The van der Waals surface area contributed by atoms with Gasteiger partial charge in [0.25, 0.3) is 0 Å². The van der Waals surface area contributed by atoms with Gasteiger partial charge in [0.1, 0.15) is 6.61 Å². The lowest BCUT2D eigenvalue weighted by molar-refractivity contribution is -0.174. The van der Waals surface area contributed by atoms with Gasteiger partial charge in [-0.15, -0.1) is 0 Å². The van der Waals surface area contributed by atoms with Crippen LogP contribution in [0.25, 0.3) is 0 Å². The molecular weight excluding hydrogens is 301 g/mol. The molecule has 5 nitrogen and oxygen atoms in total. The second-order valence-corrected chi connectivity index (χ2v) is 4.51. The van der Waals surface area contributed by atoms with Crippen LogP contribution in [0.15, 0.2) is 24.3 Å². The Kier molecular flexibility index (Phi) is 6.84. The summed E-state index contributed by atoms with van der Waals surface area (Å²) in [6.07, 6.45) is -4.33. The largest absolute Gasteiger partial charge is 0.411 e. The molecule has 0 aliphatic carbocycles. The summed E-state index contributed by atoms with van der Waals surface area (Å²) in [6.45, 7) is -1.67. The lowest BCUT2D eigenvalue weighted by Gasteiger charge is -2.08. The van der Waals surface area contributed by atoms with E-state index < -0.39 is 18.7 Å². The predicted octanol–water partition coefficient (Wildman–Crippen LogP) is 1.88. The van der Waals surface area contributed by atoms with E-state index in [1.165, 1.54) is 7.05 Å². The van der Waals surface area contributed by atoms with Gasteiger partial charge in [-0.2, -0.15) is 13.2 Å². The maximum Gasteiger partial charge on any atom is 0.411 e. The zero-order valence-electron chi connectivity index (χ0n) is 12.0. The molecule has 22 heavy (non-hydrogen) atoms. The van der Waals surface area contributed by atoms with Gasteiger partial charge in [-0.1, -0.05) is 12.1 Å². The molecular formula is C14H17F3N2O3. The number of hydrogen-bond donors (Lipinski definition) is 2. The summed E-state index contributed by atoms with van der Waals surface area (Å²) < 4.78 is 39.8. The molecule has 0 heterocycles. The van der Waals surface area contributed by atoms with E-state index in [9.17, 15) is 22.8 Å². The van der Waals surface area contributed by atoms with Crippen LogP contribution >= 0.6 is 0 Å². The number of anilines is 1. The number of nitrogens with one attached hydrogen (secondary N) is 2. The number of benzene rings is 1. The third-order valence-electron chi connectivity index (χ3n) is 2.62. The second kappa shape index (κ2) is 8.38. The normalized spacial score (nSPS) is 11.1. The first-order chi connectivity index (χ1) is 10.3. The third-order valence-corrected chi connectivity index (χ3v) is 2.62. The highest BCUT2D eigenvalue weighted by Gasteiger charge is 2.27. The van der Waals surface area contributed by atoms with Gasteiger partial charge < -0.3 is 15.4 Å². The summed E-state index contributed by atoms with van der Waals surface area (Å²) in [4.78, 5) is 22.7. The fourth-order valence-corrected chi connectivity index (χ4v) is 1.56. The van der Waals surface area contributed by atoms with Crippen molar-refractivity contribution in [1.82, 2.24) is 5.32 Å². The molecule has 0 saturated carbocycles. The molecule has 1 aromatic rings. The van der Waals surface area contributed by atoms with Gasteiger partial charge in [-0.25, -0.2) is 0 Å². The first-order valence-electron chi connectivity index (χ1n) is 6.54. The van der Waals surface area contributed by atoms with E-state index in [1.807, 2.05) is 0 Å². The molecule has 0 atom stereocenters. The average Bonchev–Trinajstić information content (AvgIpc) is 2.44. The molecule has 2 amide bonds. The average molecular weight is 318 g/mol. The maximum atomic E-state index is 11.8. The molecule has 0 aliphatic heterocycles. The summed E-state index contributed by atoms with van der Waals surface area (Å²) in [7, 11) is 1.54. The van der Waals surface area contributed by atoms with E-state index in [-0.39, 0.29) is 25.4 Å². The Morgan fingerprint density at radius 3 is 2.32 bits per heavy atom. The number of halogens is 3. The molecule has 122 valence electrons. The molecule has 1 rings (SSSR count). The van der Waals surface area contributed by atoms with E-state index in [2.05, 4.69) is 15.4 Å². The number of ether oxygens (including phenoxy) is 1. The molecule has 0 aliphatic rings. The van der Waals surface area contributed by atoms with Crippen LogP contribution < -0.4 is 10.6 Å². The predicted molar refractivity (Wildman–Crippen MR) is 74.3 cm³/mol. The van der Waals surface area contributed by atoms with E-state index in [4.69, 9.17) is 0 Å². The summed E-state index contributed by atoms with van der Waals surface area (Å²) in [5.41, 5.74) is 1.28. The Labute approximate surface area is 125 Å². The zero-order chi connectivity index (χ0) is 16.6. The lowest BCUT2D eigenvalue weighted by Crippen LogP contribution is -2.20. The minimum atomic E-state index is -4.39. The van der Waals surface area contributed by atoms with Crippen molar-refractivity contribution in [3.05, 3.63) is 29.8 Å². The highest BCUT2D eigenvalue weighted by atomic mass is 19.4. The van der Waals surface area contributed by atoms with Gasteiger partial charge in [-0.05, 0) is 17.7 Å². The fourth-order valence-electron chi connectivity index (χ4n) is 1.56. The number of amides is 2. The van der Waals surface area contributed by atoms with Gasteiger partial charge in [0.15, 0.2) is 0 Å². The monoisotopic (exact) mass is 318 g/mol. The second-order valence-electron chi connectivity index (χ2n) is 4.51. The van der Waals surface area contributed by atoms with Crippen molar-refractivity contribution in [2.24, 2.45) is 0 Å². The van der Waals surface area contributed by atoms with Crippen LogP contribution in [0.3, 0.4) is 0 Å². The molecule has 0 bridgehead atoms. The van der Waals surface area contributed by atoms with Crippen molar-refractivity contribution in [3.63, 3.8) is 0 Å². The van der Waals surface area contributed by atoms with Crippen LogP contribution in [0.2, 0.25) is 0 Å².